The summed E-state index contributed by atoms with van der Waals surface area (Å²) in [4.78, 5) is 19.0. The first-order valence-electron chi connectivity index (χ1n) is 11.1. The van der Waals surface area contributed by atoms with Crippen LogP contribution < -0.4 is 15.0 Å². The van der Waals surface area contributed by atoms with Crippen LogP contribution in [-0.2, 0) is 11.4 Å². The topological polar surface area (TPSA) is 54.5 Å². The average molecular weight is 430 g/mol. The molecule has 0 aliphatic carbocycles. The number of hydrogen-bond donors (Lipinski definition) is 1. The number of aromatic nitrogens is 1. The number of anilines is 2. The first-order chi connectivity index (χ1) is 15.7. The van der Waals surface area contributed by atoms with E-state index in [9.17, 15) is 4.79 Å². The van der Waals surface area contributed by atoms with E-state index in [1.165, 1.54) is 6.08 Å². The van der Waals surface area contributed by atoms with Crippen LogP contribution in [-0.4, -0.2) is 24.0 Å². The van der Waals surface area contributed by atoms with E-state index in [0.717, 1.165) is 48.6 Å². The summed E-state index contributed by atoms with van der Waals surface area (Å²) < 4.78 is 5.79. The summed E-state index contributed by atoms with van der Waals surface area (Å²) in [6, 6.07) is 21.6. The lowest BCUT2D eigenvalue weighted by molar-refractivity contribution is -0.111. The molecule has 5 nitrogen and oxygen atoms in total. The van der Waals surface area contributed by atoms with Crippen molar-refractivity contribution in [2.24, 2.45) is 0 Å². The van der Waals surface area contributed by atoms with Crippen molar-refractivity contribution < 1.29 is 9.53 Å². The summed E-state index contributed by atoms with van der Waals surface area (Å²) in [7, 11) is 0. The Bertz CT molecular complexity index is 978. The molecule has 0 saturated carbocycles. The van der Waals surface area contributed by atoms with Crippen LogP contribution in [0.15, 0.2) is 79.0 Å². The van der Waals surface area contributed by atoms with Gasteiger partial charge in [0.25, 0.3) is 0 Å². The van der Waals surface area contributed by atoms with Crippen molar-refractivity contribution in [1.29, 1.82) is 0 Å². The molecule has 1 heterocycles. The lowest BCUT2D eigenvalue weighted by Crippen LogP contribution is -2.25. The van der Waals surface area contributed by atoms with Gasteiger partial charge in [0.2, 0.25) is 5.91 Å². The Hall–Kier alpha value is -3.60. The first-order valence-corrected chi connectivity index (χ1v) is 11.1. The number of carbonyl (C=O) groups is 1. The summed E-state index contributed by atoms with van der Waals surface area (Å²) in [6.45, 7) is 6.81. The van der Waals surface area contributed by atoms with Gasteiger partial charge < -0.3 is 15.0 Å². The second-order valence-electron chi connectivity index (χ2n) is 7.56. The molecule has 1 N–H and O–H groups in total. The van der Waals surface area contributed by atoms with E-state index < -0.39 is 0 Å². The minimum Gasteiger partial charge on any atom is -0.489 e. The largest absolute Gasteiger partial charge is 0.489 e. The highest BCUT2D eigenvalue weighted by Crippen LogP contribution is 2.17. The van der Waals surface area contributed by atoms with Gasteiger partial charge in [-0.25, -0.2) is 4.98 Å². The molecule has 0 spiro atoms. The Morgan fingerprint density at radius 3 is 2.31 bits per heavy atom. The number of benzene rings is 2. The molecule has 0 fully saturated rings. The van der Waals surface area contributed by atoms with Crippen molar-refractivity contribution in [3.05, 3.63) is 90.1 Å². The maximum atomic E-state index is 12.3. The zero-order valence-corrected chi connectivity index (χ0v) is 18.8. The maximum absolute atomic E-state index is 12.3. The minimum absolute atomic E-state index is 0.192. The fraction of sp³-hybridized carbons (Fsp3) is 0.259. The predicted octanol–water partition coefficient (Wildman–Crippen LogP) is 5.94. The number of nitrogens with zero attached hydrogens (tertiary/aromatic N) is 2. The normalized spacial score (nSPS) is 10.8. The Balaban J connectivity index is 1.50. The van der Waals surface area contributed by atoms with E-state index in [2.05, 4.69) is 29.0 Å². The Labute approximate surface area is 190 Å². The van der Waals surface area contributed by atoms with Crippen LogP contribution in [0, 0.1) is 0 Å². The van der Waals surface area contributed by atoms with E-state index in [4.69, 9.17) is 4.74 Å². The standard InChI is InChI=1S/C27H31N3O2/c1-3-18-30(19-4-2)26-16-13-24(20-28-26)29-27(31)17-12-22-10-14-25(15-11-22)32-21-23-8-6-5-7-9-23/h5-17,20H,3-4,18-19,21H2,1-2H3,(H,29,31)/b17-12+. The highest BCUT2D eigenvalue weighted by molar-refractivity contribution is 6.01. The first kappa shape index (κ1) is 23.1. The third kappa shape index (κ3) is 7.27. The molecule has 0 bridgehead atoms. The van der Waals surface area contributed by atoms with Crippen molar-refractivity contribution in [1.82, 2.24) is 4.98 Å². The molecule has 32 heavy (non-hydrogen) atoms. The van der Waals surface area contributed by atoms with Crippen molar-refractivity contribution in [3.63, 3.8) is 0 Å². The van der Waals surface area contributed by atoms with E-state index in [1.54, 1.807) is 12.3 Å². The molecule has 0 saturated heterocycles. The van der Waals surface area contributed by atoms with E-state index in [0.29, 0.717) is 12.3 Å². The fourth-order valence-corrected chi connectivity index (χ4v) is 3.30. The number of amides is 1. The van der Waals surface area contributed by atoms with E-state index in [1.807, 2.05) is 66.7 Å². The second-order valence-corrected chi connectivity index (χ2v) is 7.56. The smallest absolute Gasteiger partial charge is 0.248 e. The molecule has 0 unspecified atom stereocenters. The molecular formula is C27H31N3O2. The third-order valence-electron chi connectivity index (χ3n) is 4.88. The maximum Gasteiger partial charge on any atom is 0.248 e. The summed E-state index contributed by atoms with van der Waals surface area (Å²) in [6.07, 6.45) is 7.16. The SMILES string of the molecule is CCCN(CCC)c1ccc(NC(=O)/C=C/c2ccc(OCc3ccccc3)cc2)cn1. The van der Waals surface area contributed by atoms with Gasteiger partial charge in [-0.05, 0) is 54.3 Å². The zero-order valence-electron chi connectivity index (χ0n) is 18.8. The van der Waals surface area contributed by atoms with Crippen LogP contribution in [0.3, 0.4) is 0 Å². The summed E-state index contributed by atoms with van der Waals surface area (Å²) in [5.74, 6) is 1.54. The second kappa shape index (κ2) is 12.3. The van der Waals surface area contributed by atoms with Gasteiger partial charge in [-0.15, -0.1) is 0 Å². The quantitative estimate of drug-likeness (QED) is 0.383. The molecule has 0 atom stereocenters. The number of hydrogen-bond acceptors (Lipinski definition) is 4. The molecular weight excluding hydrogens is 398 g/mol. The molecule has 3 rings (SSSR count). The number of pyridine rings is 1. The predicted molar refractivity (Wildman–Crippen MR) is 132 cm³/mol. The monoisotopic (exact) mass is 429 g/mol. The number of carbonyl (C=O) groups excluding carboxylic acids is 1. The summed E-state index contributed by atoms with van der Waals surface area (Å²) in [5.41, 5.74) is 2.73. The van der Waals surface area contributed by atoms with Crippen LogP contribution in [0.1, 0.15) is 37.8 Å². The van der Waals surface area contributed by atoms with Gasteiger partial charge in [-0.3, -0.25) is 4.79 Å². The number of nitrogens with one attached hydrogen (secondary N) is 1. The molecule has 2 aromatic carbocycles. The van der Waals surface area contributed by atoms with Crippen LogP contribution in [0.25, 0.3) is 6.08 Å². The van der Waals surface area contributed by atoms with Crippen molar-refractivity contribution in [2.75, 3.05) is 23.3 Å². The Morgan fingerprint density at radius 2 is 1.69 bits per heavy atom. The highest BCUT2D eigenvalue weighted by atomic mass is 16.5. The van der Waals surface area contributed by atoms with Crippen molar-refractivity contribution in [2.45, 2.75) is 33.3 Å². The van der Waals surface area contributed by atoms with Gasteiger partial charge in [0.05, 0.1) is 11.9 Å². The molecule has 0 radical (unpaired) electrons. The zero-order chi connectivity index (χ0) is 22.6. The molecule has 166 valence electrons. The third-order valence-corrected chi connectivity index (χ3v) is 4.88. The fourth-order valence-electron chi connectivity index (χ4n) is 3.30. The van der Waals surface area contributed by atoms with Crippen LogP contribution in [0.2, 0.25) is 0 Å². The minimum atomic E-state index is -0.192. The van der Waals surface area contributed by atoms with Gasteiger partial charge >= 0.3 is 0 Å². The average Bonchev–Trinajstić information content (AvgIpc) is 2.83. The van der Waals surface area contributed by atoms with E-state index in [-0.39, 0.29) is 5.91 Å². The lowest BCUT2D eigenvalue weighted by atomic mass is 10.2. The van der Waals surface area contributed by atoms with Crippen LogP contribution in [0.5, 0.6) is 5.75 Å². The highest BCUT2D eigenvalue weighted by Gasteiger charge is 2.06. The van der Waals surface area contributed by atoms with Crippen molar-refractivity contribution >= 4 is 23.5 Å². The van der Waals surface area contributed by atoms with Gasteiger partial charge in [0.1, 0.15) is 18.2 Å². The molecule has 5 heteroatoms. The molecule has 1 amide bonds. The molecule has 3 aromatic rings. The van der Waals surface area contributed by atoms with Crippen LogP contribution >= 0.6 is 0 Å². The lowest BCUT2D eigenvalue weighted by Gasteiger charge is -2.22. The molecule has 1 aromatic heterocycles. The Kier molecular flexibility index (Phi) is 8.87. The number of ether oxygens (including phenoxy) is 1. The van der Waals surface area contributed by atoms with Crippen molar-refractivity contribution in [3.8, 4) is 5.75 Å². The van der Waals surface area contributed by atoms with Gasteiger partial charge in [0.15, 0.2) is 0 Å². The van der Waals surface area contributed by atoms with Gasteiger partial charge in [-0.1, -0.05) is 56.3 Å². The molecule has 0 aliphatic rings. The van der Waals surface area contributed by atoms with Crippen LogP contribution in [0.4, 0.5) is 11.5 Å². The van der Waals surface area contributed by atoms with E-state index >= 15 is 0 Å². The Morgan fingerprint density at radius 1 is 0.969 bits per heavy atom. The van der Waals surface area contributed by atoms with Gasteiger partial charge in [0, 0.05) is 19.2 Å². The number of rotatable bonds is 11. The molecule has 0 aliphatic heterocycles. The summed E-state index contributed by atoms with van der Waals surface area (Å²) in [5, 5.41) is 2.86. The summed E-state index contributed by atoms with van der Waals surface area (Å²) >= 11 is 0. The van der Waals surface area contributed by atoms with Gasteiger partial charge in [-0.2, -0.15) is 0 Å².